The summed E-state index contributed by atoms with van der Waals surface area (Å²) in [7, 11) is -3.35. The zero-order chi connectivity index (χ0) is 15.2. The molecule has 0 radical (unpaired) electrons. The first-order chi connectivity index (χ1) is 9.93. The molecular formula is C13H21FN4O2S. The highest BCUT2D eigenvalue weighted by Gasteiger charge is 2.42. The molecule has 6 nitrogen and oxygen atoms in total. The normalized spacial score (nSPS) is 27.6. The maximum Gasteiger partial charge on any atom is 0.216 e. The molecular weight excluding hydrogens is 295 g/mol. The van der Waals surface area contributed by atoms with Crippen molar-refractivity contribution in [1.82, 2.24) is 19.5 Å². The van der Waals surface area contributed by atoms with Gasteiger partial charge in [0.25, 0.3) is 0 Å². The van der Waals surface area contributed by atoms with Gasteiger partial charge in [-0.15, -0.1) is 0 Å². The Labute approximate surface area is 124 Å². The zero-order valence-electron chi connectivity index (χ0n) is 12.3. The quantitative estimate of drug-likeness (QED) is 0.890. The number of hydrogen-bond acceptors (Lipinski definition) is 4. The van der Waals surface area contributed by atoms with Gasteiger partial charge in [0.15, 0.2) is 5.82 Å². The van der Waals surface area contributed by atoms with Crippen molar-refractivity contribution in [3.8, 4) is 0 Å². The molecule has 21 heavy (non-hydrogen) atoms. The summed E-state index contributed by atoms with van der Waals surface area (Å²) in [6.45, 7) is 3.25. The topological polar surface area (TPSA) is 79.0 Å². The molecule has 8 heteroatoms. The average molecular weight is 316 g/mol. The van der Waals surface area contributed by atoms with E-state index in [9.17, 15) is 12.8 Å². The van der Waals surface area contributed by atoms with Crippen molar-refractivity contribution in [1.29, 1.82) is 0 Å². The predicted molar refractivity (Wildman–Crippen MR) is 76.2 cm³/mol. The highest BCUT2D eigenvalue weighted by molar-refractivity contribution is 7.89. The van der Waals surface area contributed by atoms with Gasteiger partial charge < -0.3 is 0 Å². The van der Waals surface area contributed by atoms with Crippen molar-refractivity contribution >= 4 is 10.0 Å². The lowest BCUT2D eigenvalue weighted by Gasteiger charge is -2.18. The van der Waals surface area contributed by atoms with E-state index in [1.807, 2.05) is 0 Å². The SMILES string of the molecule is CC(C)S(=O)(=O)N1C[C@@H](CF)[C@H](c2nc(C3CC3)n[nH]2)C1. The summed E-state index contributed by atoms with van der Waals surface area (Å²) in [5.74, 6) is 1.26. The van der Waals surface area contributed by atoms with Gasteiger partial charge in [-0.25, -0.2) is 17.7 Å². The van der Waals surface area contributed by atoms with Gasteiger partial charge in [0, 0.05) is 30.8 Å². The standard InChI is InChI=1S/C13H21FN4O2S/c1-8(2)21(19,20)18-6-10(5-14)11(7-18)13-15-12(16-17-13)9-3-4-9/h8-11H,3-7H2,1-2H3,(H,15,16,17)/t10-,11-/m1/s1. The number of H-pyrrole nitrogens is 1. The van der Waals surface area contributed by atoms with Gasteiger partial charge in [0.1, 0.15) is 5.82 Å². The third-order valence-corrected chi connectivity index (χ3v) is 6.58. The summed E-state index contributed by atoms with van der Waals surface area (Å²) in [5.41, 5.74) is 0. The number of rotatable bonds is 5. The van der Waals surface area contributed by atoms with Crippen molar-refractivity contribution in [3.63, 3.8) is 0 Å². The second kappa shape index (κ2) is 5.31. The molecule has 0 spiro atoms. The number of nitrogens with zero attached hydrogens (tertiary/aromatic N) is 3. The molecule has 1 aromatic rings. The molecule has 2 heterocycles. The van der Waals surface area contributed by atoms with E-state index in [0.29, 0.717) is 11.7 Å². The van der Waals surface area contributed by atoms with Gasteiger partial charge >= 0.3 is 0 Å². The minimum atomic E-state index is -3.35. The maximum absolute atomic E-state index is 13.3. The monoisotopic (exact) mass is 316 g/mol. The number of aromatic amines is 1. The number of sulfonamides is 1. The highest BCUT2D eigenvalue weighted by atomic mass is 32.2. The smallest absolute Gasteiger partial charge is 0.216 e. The van der Waals surface area contributed by atoms with Crippen LogP contribution in [0.5, 0.6) is 0 Å². The van der Waals surface area contributed by atoms with Gasteiger partial charge in [-0.05, 0) is 26.7 Å². The van der Waals surface area contributed by atoms with Crippen LogP contribution in [-0.2, 0) is 10.0 Å². The summed E-state index contributed by atoms with van der Waals surface area (Å²) in [6.07, 6.45) is 2.20. The average Bonchev–Trinajstić information content (AvgIpc) is 3.02. The molecule has 1 aliphatic heterocycles. The Hall–Kier alpha value is -1.02. The van der Waals surface area contributed by atoms with E-state index >= 15 is 0 Å². The number of aromatic nitrogens is 3. The van der Waals surface area contributed by atoms with E-state index in [4.69, 9.17) is 0 Å². The van der Waals surface area contributed by atoms with E-state index in [0.717, 1.165) is 18.7 Å². The molecule has 2 atom stereocenters. The third kappa shape index (κ3) is 2.70. The minimum absolute atomic E-state index is 0.223. The molecule has 1 aromatic heterocycles. The Morgan fingerprint density at radius 3 is 2.67 bits per heavy atom. The van der Waals surface area contributed by atoms with E-state index in [2.05, 4.69) is 15.2 Å². The van der Waals surface area contributed by atoms with Crippen LogP contribution in [0.4, 0.5) is 4.39 Å². The lowest BCUT2D eigenvalue weighted by atomic mass is 9.97. The predicted octanol–water partition coefficient (Wildman–Crippen LogP) is 1.41. The summed E-state index contributed by atoms with van der Waals surface area (Å²) in [4.78, 5) is 4.46. The van der Waals surface area contributed by atoms with Crippen LogP contribution in [0, 0.1) is 5.92 Å². The molecule has 2 fully saturated rings. The van der Waals surface area contributed by atoms with E-state index in [1.165, 1.54) is 4.31 Å². The van der Waals surface area contributed by atoms with Crippen LogP contribution >= 0.6 is 0 Å². The van der Waals surface area contributed by atoms with Gasteiger partial charge in [-0.3, -0.25) is 9.49 Å². The Morgan fingerprint density at radius 2 is 2.10 bits per heavy atom. The Bertz CT molecular complexity index is 611. The minimum Gasteiger partial charge on any atom is -0.263 e. The molecule has 3 rings (SSSR count). The molecule has 1 N–H and O–H groups in total. The molecule has 0 bridgehead atoms. The first-order valence-electron chi connectivity index (χ1n) is 7.40. The molecule has 1 saturated heterocycles. The zero-order valence-corrected chi connectivity index (χ0v) is 13.1. The fraction of sp³-hybridized carbons (Fsp3) is 0.846. The summed E-state index contributed by atoms with van der Waals surface area (Å²) in [6, 6.07) is 0. The van der Waals surface area contributed by atoms with E-state index in [-0.39, 0.29) is 24.9 Å². The van der Waals surface area contributed by atoms with Crippen molar-refractivity contribution < 1.29 is 12.8 Å². The maximum atomic E-state index is 13.3. The van der Waals surface area contributed by atoms with Crippen molar-refractivity contribution in [2.75, 3.05) is 19.8 Å². The van der Waals surface area contributed by atoms with Gasteiger partial charge in [0.2, 0.25) is 10.0 Å². The fourth-order valence-corrected chi connectivity index (χ4v) is 4.15. The van der Waals surface area contributed by atoms with Crippen molar-refractivity contribution in [2.45, 2.75) is 43.8 Å². The second-order valence-corrected chi connectivity index (χ2v) is 8.77. The first-order valence-corrected chi connectivity index (χ1v) is 8.91. The van der Waals surface area contributed by atoms with Crippen LogP contribution in [-0.4, -0.2) is 52.9 Å². The van der Waals surface area contributed by atoms with Crippen molar-refractivity contribution in [3.05, 3.63) is 11.6 Å². The summed E-state index contributed by atoms with van der Waals surface area (Å²) in [5, 5.41) is 6.58. The van der Waals surface area contributed by atoms with Crippen LogP contribution in [0.3, 0.4) is 0 Å². The van der Waals surface area contributed by atoms with Crippen LogP contribution in [0.15, 0.2) is 0 Å². The fourth-order valence-electron chi connectivity index (χ4n) is 2.78. The van der Waals surface area contributed by atoms with Gasteiger partial charge in [-0.1, -0.05) is 0 Å². The number of alkyl halides is 1. The van der Waals surface area contributed by atoms with Gasteiger partial charge in [0.05, 0.1) is 11.9 Å². The Kier molecular flexibility index (Phi) is 3.77. The molecule has 0 amide bonds. The first kappa shape index (κ1) is 14.9. The highest BCUT2D eigenvalue weighted by Crippen LogP contribution is 2.39. The molecule has 1 saturated carbocycles. The van der Waals surface area contributed by atoms with Gasteiger partial charge in [-0.2, -0.15) is 5.10 Å². The largest absolute Gasteiger partial charge is 0.263 e. The number of hydrogen-bond donors (Lipinski definition) is 1. The third-order valence-electron chi connectivity index (χ3n) is 4.38. The van der Waals surface area contributed by atoms with Crippen LogP contribution < -0.4 is 0 Å². The Balaban J connectivity index is 1.81. The van der Waals surface area contributed by atoms with Crippen LogP contribution in [0.1, 0.15) is 50.2 Å². The lowest BCUT2D eigenvalue weighted by Crippen LogP contribution is -2.34. The number of nitrogens with one attached hydrogen (secondary N) is 1. The molecule has 0 unspecified atom stereocenters. The second-order valence-electron chi connectivity index (χ2n) is 6.28. The molecule has 0 aromatic carbocycles. The number of halogens is 1. The Morgan fingerprint density at radius 1 is 1.38 bits per heavy atom. The summed E-state index contributed by atoms with van der Waals surface area (Å²) >= 11 is 0. The lowest BCUT2D eigenvalue weighted by molar-refractivity contribution is 0.345. The van der Waals surface area contributed by atoms with Crippen LogP contribution in [0.25, 0.3) is 0 Å². The molecule has 118 valence electrons. The van der Waals surface area contributed by atoms with Crippen LogP contribution in [0.2, 0.25) is 0 Å². The van der Waals surface area contributed by atoms with E-state index < -0.39 is 21.9 Å². The molecule has 2 aliphatic rings. The molecule has 1 aliphatic carbocycles. The van der Waals surface area contributed by atoms with E-state index in [1.54, 1.807) is 13.8 Å². The summed E-state index contributed by atoms with van der Waals surface area (Å²) < 4.78 is 39.2. The van der Waals surface area contributed by atoms with Crippen molar-refractivity contribution in [2.24, 2.45) is 5.92 Å².